The quantitative estimate of drug-likeness (QED) is 0.788. The first kappa shape index (κ1) is 15.7. The molecule has 1 amide bonds. The molecule has 6 nitrogen and oxygen atoms in total. The molecule has 1 fully saturated rings. The van der Waals surface area contributed by atoms with Gasteiger partial charge in [0.1, 0.15) is 5.82 Å². The van der Waals surface area contributed by atoms with Crippen molar-refractivity contribution in [2.45, 2.75) is 12.5 Å². The van der Waals surface area contributed by atoms with E-state index in [1.807, 2.05) is 0 Å². The largest absolute Gasteiger partial charge is 0.399 e. The number of hydrogen-bond acceptors (Lipinski definition) is 5. The smallest absolute Gasteiger partial charge is 0.238 e. The van der Waals surface area contributed by atoms with Crippen LogP contribution in [0.15, 0.2) is 18.2 Å². The molecule has 1 aliphatic heterocycles. The summed E-state index contributed by atoms with van der Waals surface area (Å²) in [6.45, 7) is -0.00553. The van der Waals surface area contributed by atoms with E-state index in [2.05, 4.69) is 5.32 Å². The first-order valence-electron chi connectivity index (χ1n) is 6.52. The van der Waals surface area contributed by atoms with Gasteiger partial charge < -0.3 is 11.1 Å². The third kappa shape index (κ3) is 4.15. The van der Waals surface area contributed by atoms with Crippen LogP contribution in [0, 0.1) is 5.82 Å². The maximum Gasteiger partial charge on any atom is 0.238 e. The Kier molecular flexibility index (Phi) is 4.48. The summed E-state index contributed by atoms with van der Waals surface area (Å²) in [5.41, 5.74) is 5.91. The predicted molar refractivity (Wildman–Crippen MR) is 79.1 cm³/mol. The van der Waals surface area contributed by atoms with E-state index in [0.717, 1.165) is 0 Å². The third-order valence-corrected chi connectivity index (χ3v) is 5.24. The monoisotopic (exact) mass is 315 g/mol. The zero-order chi connectivity index (χ0) is 15.6. The van der Waals surface area contributed by atoms with Crippen LogP contribution in [0.3, 0.4) is 0 Å². The molecular formula is C13H18FN3O3S. The minimum absolute atomic E-state index is 0.00553. The standard InChI is InChI=1S/C13H18FN3O3S/c1-17(10-4-5-21(19,20)8-10)7-13(18)16-12-6-9(15)2-3-11(12)14/h2-3,6,10H,4-5,7-8,15H2,1H3,(H,16,18). The molecule has 1 aromatic carbocycles. The van der Waals surface area contributed by atoms with Crippen LogP contribution in [0.1, 0.15) is 6.42 Å². The van der Waals surface area contributed by atoms with E-state index < -0.39 is 21.6 Å². The molecule has 0 radical (unpaired) electrons. The van der Waals surface area contributed by atoms with Gasteiger partial charge in [-0.3, -0.25) is 9.69 Å². The molecule has 1 heterocycles. The molecule has 1 atom stereocenters. The van der Waals surface area contributed by atoms with Gasteiger partial charge in [-0.05, 0) is 31.7 Å². The first-order valence-corrected chi connectivity index (χ1v) is 8.34. The Balaban J connectivity index is 1.94. The number of rotatable bonds is 4. The van der Waals surface area contributed by atoms with Crippen molar-refractivity contribution >= 4 is 27.1 Å². The highest BCUT2D eigenvalue weighted by molar-refractivity contribution is 7.91. The number of nitrogen functional groups attached to an aromatic ring is 1. The summed E-state index contributed by atoms with van der Waals surface area (Å²) in [5.74, 6) is -0.772. The van der Waals surface area contributed by atoms with Crippen LogP contribution in [-0.4, -0.2) is 50.4 Å². The van der Waals surface area contributed by atoms with Crippen molar-refractivity contribution in [3.05, 3.63) is 24.0 Å². The van der Waals surface area contributed by atoms with E-state index >= 15 is 0 Å². The van der Waals surface area contributed by atoms with Crippen molar-refractivity contribution in [2.24, 2.45) is 0 Å². The molecule has 116 valence electrons. The molecule has 1 unspecified atom stereocenters. The molecular weight excluding hydrogens is 297 g/mol. The average molecular weight is 315 g/mol. The van der Waals surface area contributed by atoms with Crippen molar-refractivity contribution in [3.63, 3.8) is 0 Å². The molecule has 1 aromatic rings. The Morgan fingerprint density at radius 2 is 2.24 bits per heavy atom. The van der Waals surface area contributed by atoms with Crippen LogP contribution in [0.2, 0.25) is 0 Å². The van der Waals surface area contributed by atoms with Gasteiger partial charge in [0.15, 0.2) is 9.84 Å². The lowest BCUT2D eigenvalue weighted by atomic mass is 10.2. The second-order valence-corrected chi connectivity index (χ2v) is 7.49. The highest BCUT2D eigenvalue weighted by Gasteiger charge is 2.31. The Morgan fingerprint density at radius 1 is 1.52 bits per heavy atom. The molecule has 1 saturated heterocycles. The molecule has 8 heteroatoms. The number of likely N-dealkylation sites (N-methyl/N-ethyl adjacent to an activating group) is 1. The molecule has 2 rings (SSSR count). The van der Waals surface area contributed by atoms with Crippen LogP contribution in [0.25, 0.3) is 0 Å². The third-order valence-electron chi connectivity index (χ3n) is 3.49. The van der Waals surface area contributed by atoms with Gasteiger partial charge in [-0.1, -0.05) is 0 Å². The summed E-state index contributed by atoms with van der Waals surface area (Å²) < 4.78 is 36.3. The minimum atomic E-state index is -3.00. The zero-order valence-electron chi connectivity index (χ0n) is 11.7. The Hall–Kier alpha value is -1.67. The number of carbonyl (C=O) groups excluding carboxylic acids is 1. The fourth-order valence-electron chi connectivity index (χ4n) is 2.31. The SMILES string of the molecule is CN(CC(=O)Nc1cc(N)ccc1F)C1CCS(=O)(=O)C1. The van der Waals surface area contributed by atoms with Crippen LogP contribution in [0.4, 0.5) is 15.8 Å². The number of anilines is 2. The van der Waals surface area contributed by atoms with Gasteiger partial charge in [-0.2, -0.15) is 0 Å². The van der Waals surface area contributed by atoms with Gasteiger partial charge in [-0.15, -0.1) is 0 Å². The normalized spacial score (nSPS) is 20.6. The van der Waals surface area contributed by atoms with E-state index in [4.69, 9.17) is 5.73 Å². The number of nitrogens with zero attached hydrogens (tertiary/aromatic N) is 1. The molecule has 1 aliphatic rings. The highest BCUT2D eigenvalue weighted by atomic mass is 32.2. The second-order valence-electron chi connectivity index (χ2n) is 5.26. The molecule has 0 spiro atoms. The predicted octanol–water partition coefficient (Wildman–Crippen LogP) is 0.465. The highest BCUT2D eigenvalue weighted by Crippen LogP contribution is 2.18. The fraction of sp³-hybridized carbons (Fsp3) is 0.462. The van der Waals surface area contributed by atoms with Crippen molar-refractivity contribution in [2.75, 3.05) is 36.1 Å². The van der Waals surface area contributed by atoms with Crippen molar-refractivity contribution < 1.29 is 17.6 Å². The van der Waals surface area contributed by atoms with E-state index in [9.17, 15) is 17.6 Å². The Labute approximate surface area is 123 Å². The maximum atomic E-state index is 13.5. The molecule has 0 saturated carbocycles. The summed E-state index contributed by atoms with van der Waals surface area (Å²) in [6.07, 6.45) is 0.513. The summed E-state index contributed by atoms with van der Waals surface area (Å²) in [5, 5.41) is 2.44. The van der Waals surface area contributed by atoms with Gasteiger partial charge in [0.25, 0.3) is 0 Å². The van der Waals surface area contributed by atoms with E-state index in [0.29, 0.717) is 12.1 Å². The van der Waals surface area contributed by atoms with Crippen molar-refractivity contribution in [1.82, 2.24) is 4.90 Å². The van der Waals surface area contributed by atoms with Crippen molar-refractivity contribution in [1.29, 1.82) is 0 Å². The number of sulfone groups is 1. The lowest BCUT2D eigenvalue weighted by Gasteiger charge is -2.22. The second kappa shape index (κ2) is 5.98. The average Bonchev–Trinajstić information content (AvgIpc) is 2.74. The number of nitrogens with two attached hydrogens (primary N) is 1. The molecule has 0 aromatic heterocycles. The van der Waals surface area contributed by atoms with Gasteiger partial charge >= 0.3 is 0 Å². The van der Waals surface area contributed by atoms with E-state index in [-0.39, 0.29) is 29.8 Å². The van der Waals surface area contributed by atoms with E-state index in [1.54, 1.807) is 11.9 Å². The Bertz CT molecular complexity index is 648. The lowest BCUT2D eigenvalue weighted by Crippen LogP contribution is -2.38. The van der Waals surface area contributed by atoms with Gasteiger partial charge in [0.05, 0.1) is 23.7 Å². The van der Waals surface area contributed by atoms with E-state index in [1.165, 1.54) is 18.2 Å². The number of nitrogens with one attached hydrogen (secondary N) is 1. The van der Waals surface area contributed by atoms with Crippen LogP contribution in [0.5, 0.6) is 0 Å². The summed E-state index contributed by atoms with van der Waals surface area (Å²) >= 11 is 0. The number of amides is 1. The van der Waals surface area contributed by atoms with Gasteiger partial charge in [-0.25, -0.2) is 12.8 Å². The summed E-state index contributed by atoms with van der Waals surface area (Å²) in [7, 11) is -1.32. The number of hydrogen-bond donors (Lipinski definition) is 2. The Morgan fingerprint density at radius 3 is 2.86 bits per heavy atom. The van der Waals surface area contributed by atoms with Gasteiger partial charge in [0, 0.05) is 11.7 Å². The van der Waals surface area contributed by atoms with Crippen LogP contribution >= 0.6 is 0 Å². The van der Waals surface area contributed by atoms with Crippen LogP contribution < -0.4 is 11.1 Å². The lowest BCUT2D eigenvalue weighted by molar-refractivity contribution is -0.117. The molecule has 0 aliphatic carbocycles. The maximum absolute atomic E-state index is 13.5. The summed E-state index contributed by atoms with van der Waals surface area (Å²) in [4.78, 5) is 13.6. The topological polar surface area (TPSA) is 92.5 Å². The molecule has 0 bridgehead atoms. The van der Waals surface area contributed by atoms with Gasteiger partial charge in [0.2, 0.25) is 5.91 Å². The summed E-state index contributed by atoms with van der Waals surface area (Å²) in [6, 6.07) is 3.75. The molecule has 3 N–H and O–H groups in total. The molecule has 21 heavy (non-hydrogen) atoms. The number of benzene rings is 1. The van der Waals surface area contributed by atoms with Crippen LogP contribution in [-0.2, 0) is 14.6 Å². The first-order chi connectivity index (χ1) is 9.77. The van der Waals surface area contributed by atoms with Crippen molar-refractivity contribution in [3.8, 4) is 0 Å². The fourth-order valence-corrected chi connectivity index (χ4v) is 4.11. The minimum Gasteiger partial charge on any atom is -0.399 e. The zero-order valence-corrected chi connectivity index (χ0v) is 12.5. The number of halogens is 1. The number of carbonyl (C=O) groups is 1.